The molecule has 104 valence electrons. The highest BCUT2D eigenvalue weighted by Gasteiger charge is 2.29. The third-order valence-corrected chi connectivity index (χ3v) is 3.47. The third-order valence-electron chi connectivity index (χ3n) is 3.47. The predicted octanol–water partition coefficient (Wildman–Crippen LogP) is 0.0578. The molecule has 1 saturated heterocycles. The highest BCUT2D eigenvalue weighted by atomic mass is 16.2. The number of rotatable bonds is 6. The Hall–Kier alpha value is -0.940. The number of hydrogen-bond donors (Lipinski definition) is 3. The lowest BCUT2D eigenvalue weighted by molar-refractivity contribution is -0.127. The summed E-state index contributed by atoms with van der Waals surface area (Å²) in [6.07, 6.45) is 1.01. The molecule has 1 heterocycles. The van der Waals surface area contributed by atoms with Crippen molar-refractivity contribution < 1.29 is 9.59 Å². The Labute approximate surface area is 109 Å². The smallest absolute Gasteiger partial charge is 0.234 e. The number of Topliss-reactive ketones (excluding diaryl/α,β-unsaturated/α-hetero) is 1. The van der Waals surface area contributed by atoms with Crippen LogP contribution in [-0.2, 0) is 9.59 Å². The van der Waals surface area contributed by atoms with Gasteiger partial charge in [0.05, 0.1) is 12.6 Å². The summed E-state index contributed by atoms with van der Waals surface area (Å²) >= 11 is 0. The Balaban J connectivity index is 2.38. The molecular formula is C13H25N3O2. The monoisotopic (exact) mass is 255 g/mol. The summed E-state index contributed by atoms with van der Waals surface area (Å²) in [5, 5.41) is 9.31. The van der Waals surface area contributed by atoms with Crippen LogP contribution in [0.25, 0.3) is 0 Å². The largest absolute Gasteiger partial charge is 0.345 e. The van der Waals surface area contributed by atoms with Gasteiger partial charge in [-0.2, -0.15) is 0 Å². The van der Waals surface area contributed by atoms with Crippen LogP contribution in [0.4, 0.5) is 0 Å². The lowest BCUT2D eigenvalue weighted by Gasteiger charge is -2.25. The molecular weight excluding hydrogens is 230 g/mol. The predicted molar refractivity (Wildman–Crippen MR) is 71.3 cm³/mol. The van der Waals surface area contributed by atoms with E-state index < -0.39 is 0 Å². The number of ketones is 1. The van der Waals surface area contributed by atoms with E-state index in [1.807, 2.05) is 13.8 Å². The summed E-state index contributed by atoms with van der Waals surface area (Å²) in [6, 6.07) is -0.381. The number of hydrogen-bond acceptors (Lipinski definition) is 4. The van der Waals surface area contributed by atoms with Crippen LogP contribution in [0.2, 0.25) is 0 Å². The van der Waals surface area contributed by atoms with Crippen LogP contribution in [0.5, 0.6) is 0 Å². The zero-order valence-electron chi connectivity index (χ0n) is 11.8. The van der Waals surface area contributed by atoms with Gasteiger partial charge in [-0.05, 0) is 32.7 Å². The molecule has 1 aliphatic heterocycles. The number of nitrogens with one attached hydrogen (secondary N) is 3. The van der Waals surface area contributed by atoms with Crippen molar-refractivity contribution in [3.63, 3.8) is 0 Å². The van der Waals surface area contributed by atoms with E-state index in [-0.39, 0.29) is 35.7 Å². The Morgan fingerprint density at radius 2 is 2.06 bits per heavy atom. The highest BCUT2D eigenvalue weighted by molar-refractivity contribution is 5.88. The first-order valence-electron chi connectivity index (χ1n) is 6.59. The van der Waals surface area contributed by atoms with E-state index in [4.69, 9.17) is 0 Å². The van der Waals surface area contributed by atoms with Gasteiger partial charge >= 0.3 is 0 Å². The minimum atomic E-state index is -0.381. The molecule has 3 N–H and O–H groups in total. The molecule has 2 atom stereocenters. The Kier molecular flexibility index (Phi) is 5.28. The van der Waals surface area contributed by atoms with Gasteiger partial charge in [0.25, 0.3) is 0 Å². The van der Waals surface area contributed by atoms with Gasteiger partial charge in [-0.3, -0.25) is 9.59 Å². The van der Waals surface area contributed by atoms with Gasteiger partial charge in [-0.15, -0.1) is 0 Å². The molecule has 0 saturated carbocycles. The average Bonchev–Trinajstić information content (AvgIpc) is 2.70. The van der Waals surface area contributed by atoms with E-state index in [1.54, 1.807) is 0 Å². The van der Waals surface area contributed by atoms with Crippen molar-refractivity contribution in [3.8, 4) is 0 Å². The summed E-state index contributed by atoms with van der Waals surface area (Å²) < 4.78 is 0. The molecule has 5 nitrogen and oxygen atoms in total. The molecule has 0 spiro atoms. The third kappa shape index (κ3) is 4.38. The van der Waals surface area contributed by atoms with E-state index in [2.05, 4.69) is 22.9 Å². The lowest BCUT2D eigenvalue weighted by Crippen LogP contribution is -2.51. The van der Waals surface area contributed by atoms with Crippen LogP contribution < -0.4 is 16.0 Å². The van der Waals surface area contributed by atoms with Crippen molar-refractivity contribution in [1.82, 2.24) is 16.0 Å². The molecule has 0 bridgehead atoms. The zero-order chi connectivity index (χ0) is 13.8. The topological polar surface area (TPSA) is 70.2 Å². The second-order valence-corrected chi connectivity index (χ2v) is 5.74. The number of carbonyl (C=O) groups is 2. The zero-order valence-corrected chi connectivity index (χ0v) is 11.8. The number of carbonyl (C=O) groups excluding carboxylic acids is 2. The van der Waals surface area contributed by atoms with Crippen molar-refractivity contribution in [1.29, 1.82) is 0 Å². The molecule has 2 unspecified atom stereocenters. The minimum absolute atomic E-state index is 0.00657. The first kappa shape index (κ1) is 15.1. The first-order chi connectivity index (χ1) is 8.34. The fourth-order valence-electron chi connectivity index (χ4n) is 2.22. The molecule has 1 fully saturated rings. The lowest BCUT2D eigenvalue weighted by atomic mass is 10.0. The van der Waals surface area contributed by atoms with E-state index in [0.717, 1.165) is 19.5 Å². The van der Waals surface area contributed by atoms with Crippen molar-refractivity contribution in [2.75, 3.05) is 19.6 Å². The average molecular weight is 255 g/mol. The van der Waals surface area contributed by atoms with Crippen LogP contribution in [-0.4, -0.2) is 42.9 Å². The first-order valence-corrected chi connectivity index (χ1v) is 6.59. The van der Waals surface area contributed by atoms with E-state index in [0.29, 0.717) is 0 Å². The molecule has 0 radical (unpaired) electrons. The van der Waals surface area contributed by atoms with Gasteiger partial charge in [-0.25, -0.2) is 0 Å². The van der Waals surface area contributed by atoms with Crippen LogP contribution in [0, 0.1) is 5.92 Å². The van der Waals surface area contributed by atoms with E-state index >= 15 is 0 Å². The maximum absolute atomic E-state index is 11.8. The summed E-state index contributed by atoms with van der Waals surface area (Å²) in [6.45, 7) is 9.60. The van der Waals surface area contributed by atoms with Crippen LogP contribution in [0.1, 0.15) is 34.1 Å². The van der Waals surface area contributed by atoms with Crippen molar-refractivity contribution in [2.45, 2.75) is 45.7 Å². The Morgan fingerprint density at radius 1 is 1.39 bits per heavy atom. The number of amides is 1. The normalized spacial score (nSPS) is 25.2. The molecule has 1 rings (SSSR count). The SMILES string of the molecule is CC(=O)C(NC(=O)CNC1(C)CCNC1)C(C)C. The van der Waals surface area contributed by atoms with E-state index in [1.165, 1.54) is 6.92 Å². The molecule has 18 heavy (non-hydrogen) atoms. The second kappa shape index (κ2) is 6.29. The quantitative estimate of drug-likeness (QED) is 0.627. The van der Waals surface area contributed by atoms with Gasteiger partial charge in [0.2, 0.25) is 5.91 Å². The Morgan fingerprint density at radius 3 is 2.50 bits per heavy atom. The van der Waals surface area contributed by atoms with Gasteiger partial charge in [0.15, 0.2) is 5.78 Å². The fourth-order valence-corrected chi connectivity index (χ4v) is 2.22. The van der Waals surface area contributed by atoms with Gasteiger partial charge in [0.1, 0.15) is 0 Å². The molecule has 0 aromatic heterocycles. The summed E-state index contributed by atoms with van der Waals surface area (Å²) in [5.41, 5.74) is -0.0130. The minimum Gasteiger partial charge on any atom is -0.345 e. The van der Waals surface area contributed by atoms with Crippen molar-refractivity contribution in [3.05, 3.63) is 0 Å². The second-order valence-electron chi connectivity index (χ2n) is 5.74. The van der Waals surface area contributed by atoms with Gasteiger partial charge in [-0.1, -0.05) is 13.8 Å². The molecule has 1 amide bonds. The molecule has 1 aliphatic rings. The van der Waals surface area contributed by atoms with Crippen LogP contribution >= 0.6 is 0 Å². The van der Waals surface area contributed by atoms with Crippen LogP contribution in [0.3, 0.4) is 0 Å². The maximum Gasteiger partial charge on any atom is 0.234 e. The molecule has 0 aromatic rings. The van der Waals surface area contributed by atoms with Crippen molar-refractivity contribution >= 4 is 11.7 Å². The summed E-state index contributed by atoms with van der Waals surface area (Å²) in [7, 11) is 0. The molecule has 0 aliphatic carbocycles. The maximum atomic E-state index is 11.8. The molecule has 5 heteroatoms. The summed E-state index contributed by atoms with van der Waals surface area (Å²) in [4.78, 5) is 23.2. The standard InChI is InChI=1S/C13H25N3O2/c1-9(2)12(10(3)17)16-11(18)7-15-13(4)5-6-14-8-13/h9,12,14-15H,5-8H2,1-4H3,(H,16,18). The highest BCUT2D eigenvalue weighted by Crippen LogP contribution is 2.12. The molecule has 0 aromatic carbocycles. The fraction of sp³-hybridized carbons (Fsp3) is 0.846. The van der Waals surface area contributed by atoms with E-state index in [9.17, 15) is 9.59 Å². The summed E-state index contributed by atoms with van der Waals surface area (Å²) in [5.74, 6) is 0.0132. The Bertz CT molecular complexity index is 309. The van der Waals surface area contributed by atoms with Gasteiger partial charge < -0.3 is 16.0 Å². The van der Waals surface area contributed by atoms with Crippen LogP contribution in [0.15, 0.2) is 0 Å². The van der Waals surface area contributed by atoms with Gasteiger partial charge in [0, 0.05) is 12.1 Å². The van der Waals surface area contributed by atoms with Crippen molar-refractivity contribution in [2.24, 2.45) is 5.92 Å².